The maximum atomic E-state index is 13.8. The topological polar surface area (TPSA) is 163 Å². The predicted molar refractivity (Wildman–Crippen MR) is 159 cm³/mol. The zero-order valence-electron chi connectivity index (χ0n) is 26.1. The highest BCUT2D eigenvalue weighted by Gasteiger charge is 2.54. The van der Waals surface area contributed by atoms with E-state index in [1.807, 2.05) is 6.07 Å². The highest BCUT2D eigenvalue weighted by Crippen LogP contribution is 2.51. The fraction of sp³-hybridized carbons (Fsp3) is 0.484. The number of aromatic hydroxyl groups is 1. The number of likely N-dealkylation sites (N-methyl/N-ethyl adjacent to an activating group) is 2. The van der Waals surface area contributed by atoms with Crippen LogP contribution in [0.1, 0.15) is 64.6 Å². The molecule has 240 valence electrons. The Bertz CT molecular complexity index is 1710. The standard InChI is InChI=1S/C31H38FN7O6/c1-18-12-20(6-7-22(18)32)14-34-25(41)23-24(40)26(42)39-17-30(16-33-15-21-13-19(2)45-36-21)8-10-31(11-9-30,29(39)35-23)38(5)28(44)27(43)37(3)4/h6-7,12-13,33,40H,8-11,14-17H2,1-5H3,(H,34,41). The van der Waals surface area contributed by atoms with Gasteiger partial charge < -0.3 is 30.1 Å². The molecule has 14 heteroatoms. The average Bonchev–Trinajstić information content (AvgIpc) is 3.31. The van der Waals surface area contributed by atoms with Gasteiger partial charge in [-0.05, 0) is 56.7 Å². The van der Waals surface area contributed by atoms with E-state index in [1.54, 1.807) is 19.9 Å². The summed E-state index contributed by atoms with van der Waals surface area (Å²) in [5.74, 6) is -2.68. The van der Waals surface area contributed by atoms with Crippen molar-refractivity contribution in [1.29, 1.82) is 0 Å². The molecule has 4 heterocycles. The van der Waals surface area contributed by atoms with E-state index in [4.69, 9.17) is 4.52 Å². The molecule has 1 aromatic carbocycles. The fourth-order valence-electron chi connectivity index (χ4n) is 6.40. The highest BCUT2D eigenvalue weighted by molar-refractivity contribution is 6.34. The molecule has 0 unspecified atom stereocenters. The summed E-state index contributed by atoms with van der Waals surface area (Å²) in [6.45, 7) is 4.52. The number of hydrogen-bond donors (Lipinski definition) is 3. The van der Waals surface area contributed by atoms with Gasteiger partial charge >= 0.3 is 11.8 Å². The second-order valence-electron chi connectivity index (χ2n) is 12.4. The van der Waals surface area contributed by atoms with Crippen LogP contribution < -0.4 is 16.2 Å². The molecule has 6 rings (SSSR count). The van der Waals surface area contributed by atoms with Crippen LogP contribution in [0, 0.1) is 25.1 Å². The first-order valence-corrected chi connectivity index (χ1v) is 14.8. The van der Waals surface area contributed by atoms with E-state index in [0.29, 0.717) is 55.7 Å². The van der Waals surface area contributed by atoms with Crippen LogP contribution in [0.5, 0.6) is 5.75 Å². The second kappa shape index (κ2) is 12.1. The molecule has 1 fully saturated rings. The first kappa shape index (κ1) is 31.8. The zero-order valence-corrected chi connectivity index (χ0v) is 26.1. The molecule has 45 heavy (non-hydrogen) atoms. The lowest BCUT2D eigenvalue weighted by Crippen LogP contribution is -2.55. The Kier molecular flexibility index (Phi) is 8.53. The van der Waals surface area contributed by atoms with Crippen LogP contribution >= 0.6 is 0 Å². The number of fused-ring (bicyclic) bond motifs is 2. The molecule has 3 aromatic rings. The van der Waals surface area contributed by atoms with Crippen molar-refractivity contribution in [3.8, 4) is 5.75 Å². The Morgan fingerprint density at radius 1 is 1.07 bits per heavy atom. The number of amides is 3. The lowest BCUT2D eigenvalue weighted by molar-refractivity contribution is -0.155. The van der Waals surface area contributed by atoms with Crippen molar-refractivity contribution in [2.45, 2.75) is 64.7 Å². The molecule has 13 nitrogen and oxygen atoms in total. The number of halogens is 1. The number of nitrogens with zero attached hydrogens (tertiary/aromatic N) is 5. The minimum Gasteiger partial charge on any atom is -0.501 e. The maximum absolute atomic E-state index is 13.8. The normalized spacial score (nSPS) is 20.3. The summed E-state index contributed by atoms with van der Waals surface area (Å²) in [5.41, 5.74) is -1.18. The van der Waals surface area contributed by atoms with Crippen molar-refractivity contribution in [3.05, 3.63) is 74.5 Å². The summed E-state index contributed by atoms with van der Waals surface area (Å²) in [4.78, 5) is 60.5. The molecule has 0 spiro atoms. The third kappa shape index (κ3) is 5.93. The molecule has 1 saturated carbocycles. The molecular formula is C31H38FN7O6. The maximum Gasteiger partial charge on any atom is 0.312 e. The molecular weight excluding hydrogens is 585 g/mol. The minimum atomic E-state index is -1.19. The number of carbonyl (C=O) groups excluding carboxylic acids is 3. The lowest BCUT2D eigenvalue weighted by atomic mass is 9.67. The Morgan fingerprint density at radius 3 is 2.40 bits per heavy atom. The predicted octanol–water partition coefficient (Wildman–Crippen LogP) is 1.73. The third-order valence-corrected chi connectivity index (χ3v) is 9.10. The molecule has 0 atom stereocenters. The van der Waals surface area contributed by atoms with Crippen molar-refractivity contribution in [3.63, 3.8) is 0 Å². The summed E-state index contributed by atoms with van der Waals surface area (Å²) in [7, 11) is 4.46. The van der Waals surface area contributed by atoms with Crippen molar-refractivity contribution in [2.75, 3.05) is 27.7 Å². The quantitative estimate of drug-likeness (QED) is 0.317. The summed E-state index contributed by atoms with van der Waals surface area (Å²) in [5, 5.41) is 21.1. The van der Waals surface area contributed by atoms with Crippen LogP contribution in [0.4, 0.5) is 4.39 Å². The molecule has 2 bridgehead atoms. The van der Waals surface area contributed by atoms with Gasteiger partial charge in [0.25, 0.3) is 11.5 Å². The van der Waals surface area contributed by atoms with E-state index in [0.717, 1.165) is 5.69 Å². The number of hydrogen-bond acceptors (Lipinski definition) is 9. The van der Waals surface area contributed by atoms with Gasteiger partial charge in [0, 0.05) is 58.8 Å². The van der Waals surface area contributed by atoms with Gasteiger partial charge in [0.1, 0.15) is 22.9 Å². The molecule has 2 aromatic heterocycles. The number of carbonyl (C=O) groups is 3. The molecule has 3 aliphatic rings. The highest BCUT2D eigenvalue weighted by atomic mass is 19.1. The van der Waals surface area contributed by atoms with Crippen molar-refractivity contribution < 1.29 is 28.4 Å². The van der Waals surface area contributed by atoms with Gasteiger partial charge in [-0.15, -0.1) is 0 Å². The third-order valence-electron chi connectivity index (χ3n) is 9.10. The van der Waals surface area contributed by atoms with Crippen molar-refractivity contribution in [2.24, 2.45) is 5.41 Å². The van der Waals surface area contributed by atoms with Gasteiger partial charge in [-0.25, -0.2) is 9.37 Å². The van der Waals surface area contributed by atoms with Gasteiger partial charge in [0.05, 0.1) is 5.69 Å². The Balaban J connectivity index is 1.51. The van der Waals surface area contributed by atoms with Gasteiger partial charge in [0.2, 0.25) is 5.75 Å². The first-order valence-electron chi connectivity index (χ1n) is 14.8. The van der Waals surface area contributed by atoms with Crippen molar-refractivity contribution in [1.82, 2.24) is 35.1 Å². The van der Waals surface area contributed by atoms with Gasteiger partial charge in [0.15, 0.2) is 5.69 Å². The number of aromatic nitrogens is 3. The number of rotatable bonds is 8. The monoisotopic (exact) mass is 623 g/mol. The van der Waals surface area contributed by atoms with Crippen LogP contribution in [-0.4, -0.2) is 75.0 Å². The first-order chi connectivity index (χ1) is 21.3. The van der Waals surface area contributed by atoms with Crippen LogP contribution in [0.2, 0.25) is 0 Å². The number of benzene rings is 1. The molecule has 1 aliphatic carbocycles. The van der Waals surface area contributed by atoms with Gasteiger partial charge in [-0.3, -0.25) is 23.7 Å². The summed E-state index contributed by atoms with van der Waals surface area (Å²) in [6, 6.07) is 6.23. The van der Waals surface area contributed by atoms with Gasteiger partial charge in [-0.2, -0.15) is 0 Å². The Labute approximate surface area is 259 Å². The Morgan fingerprint density at radius 2 is 1.78 bits per heavy atom. The van der Waals surface area contributed by atoms with Gasteiger partial charge in [-0.1, -0.05) is 17.3 Å². The Hall–Kier alpha value is -4.59. The molecule has 0 saturated heterocycles. The van der Waals surface area contributed by atoms with Crippen LogP contribution in [0.15, 0.2) is 33.6 Å². The summed E-state index contributed by atoms with van der Waals surface area (Å²) >= 11 is 0. The average molecular weight is 624 g/mol. The van der Waals surface area contributed by atoms with Crippen LogP contribution in [-0.2, 0) is 34.8 Å². The van der Waals surface area contributed by atoms with E-state index >= 15 is 0 Å². The summed E-state index contributed by atoms with van der Waals surface area (Å²) in [6.07, 6.45) is 1.88. The summed E-state index contributed by atoms with van der Waals surface area (Å²) < 4.78 is 20.2. The minimum absolute atomic E-state index is 0.000183. The molecule has 0 radical (unpaired) electrons. The van der Waals surface area contributed by atoms with E-state index in [9.17, 15) is 28.7 Å². The van der Waals surface area contributed by atoms with E-state index in [1.165, 1.54) is 47.6 Å². The van der Waals surface area contributed by atoms with E-state index in [-0.39, 0.29) is 24.7 Å². The van der Waals surface area contributed by atoms with Crippen LogP contribution in [0.3, 0.4) is 0 Å². The SMILES string of the molecule is Cc1cc(CNCC23CCC(N(C)C(=O)C(=O)N(C)C)(CC2)c2nc(C(=O)NCc4ccc(F)c(C)c4)c(O)c(=O)n2C3)no1. The smallest absolute Gasteiger partial charge is 0.312 e. The van der Waals surface area contributed by atoms with E-state index < -0.39 is 45.7 Å². The van der Waals surface area contributed by atoms with E-state index in [2.05, 4.69) is 20.8 Å². The molecule has 2 aliphatic heterocycles. The second-order valence-corrected chi connectivity index (χ2v) is 12.4. The largest absolute Gasteiger partial charge is 0.501 e. The molecule has 3 N–H and O–H groups in total. The lowest BCUT2D eigenvalue weighted by Gasteiger charge is -2.46. The van der Waals surface area contributed by atoms with Crippen molar-refractivity contribution >= 4 is 17.7 Å². The zero-order chi connectivity index (χ0) is 32.7. The number of aryl methyl sites for hydroxylation is 2. The fourth-order valence-corrected chi connectivity index (χ4v) is 6.40. The van der Waals surface area contributed by atoms with Crippen LogP contribution in [0.25, 0.3) is 0 Å². The molecule has 3 amide bonds. The number of nitrogens with one attached hydrogen (secondary N) is 2.